The van der Waals surface area contributed by atoms with Gasteiger partial charge < -0.3 is 9.67 Å². The summed E-state index contributed by atoms with van der Waals surface area (Å²) in [6.07, 6.45) is 1.79. The highest BCUT2D eigenvalue weighted by Crippen LogP contribution is 2.31. The van der Waals surface area contributed by atoms with E-state index < -0.39 is 5.97 Å². The van der Waals surface area contributed by atoms with Gasteiger partial charge in [0.1, 0.15) is 6.07 Å². The van der Waals surface area contributed by atoms with Crippen LogP contribution in [0.25, 0.3) is 27.0 Å². The van der Waals surface area contributed by atoms with Gasteiger partial charge in [0.2, 0.25) is 0 Å². The Morgan fingerprint density at radius 3 is 2.56 bits per heavy atom. The summed E-state index contributed by atoms with van der Waals surface area (Å²) >= 11 is 1.66. The van der Waals surface area contributed by atoms with Crippen LogP contribution in [-0.2, 0) is 0 Å². The number of thiophene rings is 1. The normalized spacial score (nSPS) is 10.7. The fourth-order valence-electron chi connectivity index (χ4n) is 2.89. The molecule has 5 heteroatoms. The molecule has 120 valence electrons. The molecule has 0 atom stereocenters. The Morgan fingerprint density at radius 2 is 1.92 bits per heavy atom. The Labute approximate surface area is 147 Å². The van der Waals surface area contributed by atoms with Crippen LogP contribution in [0.2, 0.25) is 0 Å². The van der Waals surface area contributed by atoms with Gasteiger partial charge in [0.05, 0.1) is 16.6 Å². The molecule has 25 heavy (non-hydrogen) atoms. The summed E-state index contributed by atoms with van der Waals surface area (Å²) in [7, 11) is 0. The third-order valence-electron chi connectivity index (χ3n) is 4.12. The van der Waals surface area contributed by atoms with Gasteiger partial charge in [-0.05, 0) is 53.4 Å². The van der Waals surface area contributed by atoms with E-state index in [1.807, 2.05) is 34.2 Å². The smallest absolute Gasteiger partial charge is 0.335 e. The first-order valence-corrected chi connectivity index (χ1v) is 8.48. The number of carboxylic acid groups (broad SMARTS) is 1. The van der Waals surface area contributed by atoms with E-state index in [0.717, 1.165) is 27.0 Å². The molecule has 0 aliphatic carbocycles. The van der Waals surface area contributed by atoms with Crippen LogP contribution < -0.4 is 0 Å². The van der Waals surface area contributed by atoms with Crippen LogP contribution in [0.3, 0.4) is 0 Å². The summed E-state index contributed by atoms with van der Waals surface area (Å²) < 4.78 is 1.91. The predicted molar refractivity (Wildman–Crippen MR) is 98.3 cm³/mol. The Bertz CT molecular complexity index is 1120. The number of aromatic nitrogens is 1. The number of nitriles is 1. The largest absolute Gasteiger partial charge is 0.478 e. The summed E-state index contributed by atoms with van der Waals surface area (Å²) in [4.78, 5) is 12.2. The molecule has 4 nitrogen and oxygen atoms in total. The zero-order chi connectivity index (χ0) is 17.4. The van der Waals surface area contributed by atoms with Gasteiger partial charge in [0.15, 0.2) is 0 Å². The van der Waals surface area contributed by atoms with Crippen molar-refractivity contribution in [3.05, 3.63) is 77.3 Å². The maximum absolute atomic E-state index is 11.0. The second-order valence-corrected chi connectivity index (χ2v) is 6.53. The van der Waals surface area contributed by atoms with Gasteiger partial charge in [-0.25, -0.2) is 4.79 Å². The number of nitrogens with zero attached hydrogens (tertiary/aromatic N) is 2. The van der Waals surface area contributed by atoms with Crippen molar-refractivity contribution in [3.63, 3.8) is 0 Å². The maximum Gasteiger partial charge on any atom is 0.335 e. The van der Waals surface area contributed by atoms with Crippen molar-refractivity contribution in [3.8, 4) is 22.2 Å². The van der Waals surface area contributed by atoms with E-state index in [-0.39, 0.29) is 5.56 Å². The summed E-state index contributed by atoms with van der Waals surface area (Å²) in [5.74, 6) is -0.956. The lowest BCUT2D eigenvalue weighted by molar-refractivity contribution is 0.0697. The van der Waals surface area contributed by atoms with Crippen molar-refractivity contribution in [1.29, 1.82) is 5.26 Å². The second-order valence-electron chi connectivity index (χ2n) is 5.59. The molecule has 0 radical (unpaired) electrons. The maximum atomic E-state index is 11.0. The lowest BCUT2D eigenvalue weighted by Crippen LogP contribution is -1.97. The number of hydrogen-bond acceptors (Lipinski definition) is 3. The topological polar surface area (TPSA) is 66.0 Å². The number of carboxylic acids is 1. The highest BCUT2D eigenvalue weighted by atomic mass is 32.1. The Hall–Kier alpha value is -3.36. The van der Waals surface area contributed by atoms with Crippen LogP contribution in [0, 0.1) is 11.3 Å². The second kappa shape index (κ2) is 5.93. The molecule has 2 heterocycles. The SMILES string of the molecule is N#Cc1cn(-c2ccc(C(=O)O)cc2)c2ccc(-c3cccs3)cc12. The molecule has 0 spiro atoms. The monoisotopic (exact) mass is 344 g/mol. The molecule has 0 aliphatic rings. The first-order chi connectivity index (χ1) is 12.2. The third kappa shape index (κ3) is 2.59. The third-order valence-corrected chi connectivity index (χ3v) is 5.04. The van der Waals surface area contributed by atoms with Gasteiger partial charge >= 0.3 is 5.97 Å². The molecule has 0 unspecified atom stereocenters. The summed E-state index contributed by atoms with van der Waals surface area (Å²) in [6, 6.07) is 19.0. The van der Waals surface area contributed by atoms with E-state index in [1.54, 1.807) is 41.8 Å². The van der Waals surface area contributed by atoms with Crippen molar-refractivity contribution >= 4 is 28.2 Å². The van der Waals surface area contributed by atoms with Gasteiger partial charge in [0, 0.05) is 22.1 Å². The first-order valence-electron chi connectivity index (χ1n) is 7.60. The Kier molecular flexibility index (Phi) is 3.60. The van der Waals surface area contributed by atoms with Gasteiger partial charge in [-0.2, -0.15) is 5.26 Å². The molecular formula is C20H12N2O2S. The number of carbonyl (C=O) groups is 1. The van der Waals surface area contributed by atoms with Crippen molar-refractivity contribution in [2.24, 2.45) is 0 Å². The lowest BCUT2D eigenvalue weighted by atomic mass is 10.1. The van der Waals surface area contributed by atoms with Crippen LogP contribution in [-0.4, -0.2) is 15.6 Å². The van der Waals surface area contributed by atoms with Gasteiger partial charge in [0.25, 0.3) is 0 Å². The number of hydrogen-bond donors (Lipinski definition) is 1. The molecular weight excluding hydrogens is 332 g/mol. The van der Waals surface area contributed by atoms with Crippen LogP contribution in [0.1, 0.15) is 15.9 Å². The lowest BCUT2D eigenvalue weighted by Gasteiger charge is -2.06. The van der Waals surface area contributed by atoms with Crippen LogP contribution in [0.15, 0.2) is 66.2 Å². The van der Waals surface area contributed by atoms with E-state index in [4.69, 9.17) is 5.11 Å². The van der Waals surface area contributed by atoms with Gasteiger partial charge in [-0.15, -0.1) is 11.3 Å². The molecule has 0 fully saturated rings. The molecule has 0 amide bonds. The molecule has 1 N–H and O–H groups in total. The number of rotatable bonds is 3. The quantitative estimate of drug-likeness (QED) is 0.573. The van der Waals surface area contributed by atoms with E-state index in [2.05, 4.69) is 12.1 Å². The highest BCUT2D eigenvalue weighted by Gasteiger charge is 2.12. The first kappa shape index (κ1) is 15.2. The Balaban J connectivity index is 1.88. The molecule has 2 aromatic heterocycles. The van der Waals surface area contributed by atoms with Crippen molar-refractivity contribution in [1.82, 2.24) is 4.57 Å². The van der Waals surface area contributed by atoms with Crippen molar-refractivity contribution in [2.45, 2.75) is 0 Å². The van der Waals surface area contributed by atoms with Gasteiger partial charge in [-0.1, -0.05) is 12.1 Å². The zero-order valence-electron chi connectivity index (χ0n) is 13.0. The van der Waals surface area contributed by atoms with Crippen molar-refractivity contribution in [2.75, 3.05) is 0 Å². The van der Waals surface area contributed by atoms with Crippen LogP contribution in [0.4, 0.5) is 0 Å². The zero-order valence-corrected chi connectivity index (χ0v) is 13.8. The van der Waals surface area contributed by atoms with Gasteiger partial charge in [-0.3, -0.25) is 0 Å². The minimum atomic E-state index is -0.956. The van der Waals surface area contributed by atoms with E-state index >= 15 is 0 Å². The summed E-state index contributed by atoms with van der Waals surface area (Å²) in [5.41, 5.74) is 3.65. The number of fused-ring (bicyclic) bond motifs is 1. The standard InChI is InChI=1S/C20H12N2O2S/c21-11-15-12-22(16-6-3-13(4-7-16)20(23)24)18-8-5-14(10-17(15)18)19-2-1-9-25-19/h1-10,12H,(H,23,24). The molecule has 2 aromatic carbocycles. The summed E-state index contributed by atoms with van der Waals surface area (Å²) in [6.45, 7) is 0. The molecule has 4 aromatic rings. The minimum Gasteiger partial charge on any atom is -0.478 e. The van der Waals surface area contributed by atoms with Crippen LogP contribution in [0.5, 0.6) is 0 Å². The average Bonchev–Trinajstić information content (AvgIpc) is 3.29. The molecule has 0 bridgehead atoms. The number of benzene rings is 2. The van der Waals surface area contributed by atoms with E-state index in [0.29, 0.717) is 5.56 Å². The van der Waals surface area contributed by atoms with Crippen LogP contribution >= 0.6 is 11.3 Å². The summed E-state index contributed by atoms with van der Waals surface area (Å²) in [5, 5.41) is 21.4. The Morgan fingerprint density at radius 1 is 1.12 bits per heavy atom. The number of aromatic carboxylic acids is 1. The fourth-order valence-corrected chi connectivity index (χ4v) is 3.62. The molecule has 0 saturated carbocycles. The molecule has 0 saturated heterocycles. The van der Waals surface area contributed by atoms with Crippen molar-refractivity contribution < 1.29 is 9.90 Å². The fraction of sp³-hybridized carbons (Fsp3) is 0. The minimum absolute atomic E-state index is 0.237. The molecule has 4 rings (SSSR count). The molecule has 0 aliphatic heterocycles. The highest BCUT2D eigenvalue weighted by molar-refractivity contribution is 7.13. The van der Waals surface area contributed by atoms with E-state index in [9.17, 15) is 10.1 Å². The average molecular weight is 344 g/mol. The predicted octanol–water partition coefficient (Wildman–Crippen LogP) is 4.93. The van der Waals surface area contributed by atoms with E-state index in [1.165, 1.54) is 0 Å².